The Bertz CT molecular complexity index is 360. The molecule has 4 heteroatoms. The molecule has 0 fully saturated rings. The maximum Gasteiger partial charge on any atom is 0.166 e. The van der Waals surface area contributed by atoms with Crippen LogP contribution in [0.25, 0.3) is 0 Å². The Labute approximate surface area is 103 Å². The lowest BCUT2D eigenvalue weighted by Gasteiger charge is -2.16. The fourth-order valence-electron chi connectivity index (χ4n) is 1.64. The van der Waals surface area contributed by atoms with E-state index >= 15 is 0 Å². The topological polar surface area (TPSA) is 37.2 Å². The molecule has 3 nitrogen and oxygen atoms in total. The molecule has 1 rings (SSSR count). The van der Waals surface area contributed by atoms with Crippen LogP contribution in [0.1, 0.15) is 43.4 Å². The summed E-state index contributed by atoms with van der Waals surface area (Å²) in [7, 11) is 0. The van der Waals surface area contributed by atoms with Crippen molar-refractivity contribution in [1.29, 1.82) is 0 Å². The third-order valence-electron chi connectivity index (χ3n) is 2.43. The lowest BCUT2D eigenvalue weighted by atomic mass is 10.1. The van der Waals surface area contributed by atoms with Gasteiger partial charge in [-0.3, -0.25) is 0 Å². The molecule has 1 aromatic heterocycles. The standard InChI is InChI=1S/C12H20N2OS/c1-5-6-13-12(16)14-9(3)11-7-8(2)15-10(11)4/h7,9H,5-6H2,1-4H3,(H2,13,14,16). The van der Waals surface area contributed by atoms with Gasteiger partial charge in [-0.1, -0.05) is 6.92 Å². The summed E-state index contributed by atoms with van der Waals surface area (Å²) in [6.07, 6.45) is 1.07. The fourth-order valence-corrected chi connectivity index (χ4v) is 1.92. The average molecular weight is 240 g/mol. The molecular weight excluding hydrogens is 220 g/mol. The van der Waals surface area contributed by atoms with E-state index in [0.717, 1.165) is 30.0 Å². The number of thiocarbonyl (C=S) groups is 1. The van der Waals surface area contributed by atoms with Gasteiger partial charge in [0, 0.05) is 12.1 Å². The minimum Gasteiger partial charge on any atom is -0.466 e. The molecular formula is C12H20N2OS. The van der Waals surface area contributed by atoms with Crippen LogP contribution in [0.4, 0.5) is 0 Å². The van der Waals surface area contributed by atoms with E-state index in [-0.39, 0.29) is 6.04 Å². The second kappa shape index (κ2) is 5.89. The van der Waals surface area contributed by atoms with Crippen molar-refractivity contribution in [3.63, 3.8) is 0 Å². The van der Waals surface area contributed by atoms with Gasteiger partial charge in [-0.15, -0.1) is 0 Å². The van der Waals surface area contributed by atoms with Crippen molar-refractivity contribution in [2.45, 2.75) is 40.2 Å². The van der Waals surface area contributed by atoms with E-state index in [0.29, 0.717) is 5.11 Å². The van der Waals surface area contributed by atoms with Crippen molar-refractivity contribution >= 4 is 17.3 Å². The van der Waals surface area contributed by atoms with Crippen LogP contribution in [0.2, 0.25) is 0 Å². The highest BCUT2D eigenvalue weighted by molar-refractivity contribution is 7.80. The van der Waals surface area contributed by atoms with Gasteiger partial charge in [0.05, 0.1) is 6.04 Å². The summed E-state index contributed by atoms with van der Waals surface area (Å²) < 4.78 is 5.49. The summed E-state index contributed by atoms with van der Waals surface area (Å²) in [6, 6.07) is 2.23. The quantitative estimate of drug-likeness (QED) is 0.794. The molecule has 1 atom stereocenters. The van der Waals surface area contributed by atoms with Gasteiger partial charge in [-0.25, -0.2) is 0 Å². The van der Waals surface area contributed by atoms with Gasteiger partial charge in [0.25, 0.3) is 0 Å². The largest absolute Gasteiger partial charge is 0.466 e. The first-order chi connectivity index (χ1) is 7.54. The molecule has 0 spiro atoms. The number of aryl methyl sites for hydroxylation is 2. The Morgan fingerprint density at radius 2 is 2.19 bits per heavy atom. The van der Waals surface area contributed by atoms with E-state index in [1.807, 2.05) is 13.8 Å². The molecule has 0 amide bonds. The Kier molecular flexibility index (Phi) is 4.80. The van der Waals surface area contributed by atoms with Crippen LogP contribution in [0.5, 0.6) is 0 Å². The molecule has 0 aliphatic rings. The maximum atomic E-state index is 5.49. The van der Waals surface area contributed by atoms with E-state index < -0.39 is 0 Å². The third kappa shape index (κ3) is 3.52. The van der Waals surface area contributed by atoms with Gasteiger partial charge >= 0.3 is 0 Å². The Hall–Kier alpha value is -1.03. The summed E-state index contributed by atoms with van der Waals surface area (Å²) in [5, 5.41) is 7.10. The summed E-state index contributed by atoms with van der Waals surface area (Å²) in [5.41, 5.74) is 1.16. The molecule has 16 heavy (non-hydrogen) atoms. The minimum absolute atomic E-state index is 0.175. The smallest absolute Gasteiger partial charge is 0.166 e. The number of rotatable bonds is 4. The van der Waals surface area contributed by atoms with Gasteiger partial charge in [0.2, 0.25) is 0 Å². The zero-order valence-electron chi connectivity index (χ0n) is 10.4. The molecule has 0 saturated heterocycles. The monoisotopic (exact) mass is 240 g/mol. The normalized spacial score (nSPS) is 12.2. The Morgan fingerprint density at radius 3 is 2.69 bits per heavy atom. The average Bonchev–Trinajstić information content (AvgIpc) is 2.54. The van der Waals surface area contributed by atoms with Gasteiger partial charge in [0.1, 0.15) is 11.5 Å². The molecule has 1 unspecified atom stereocenters. The second-order valence-corrected chi connectivity index (χ2v) is 4.40. The minimum atomic E-state index is 0.175. The van der Waals surface area contributed by atoms with Gasteiger partial charge in [0.15, 0.2) is 5.11 Å². The first-order valence-electron chi connectivity index (χ1n) is 5.66. The Morgan fingerprint density at radius 1 is 1.50 bits per heavy atom. The van der Waals surface area contributed by atoms with Gasteiger partial charge in [-0.2, -0.15) is 0 Å². The summed E-state index contributed by atoms with van der Waals surface area (Å²) in [4.78, 5) is 0. The molecule has 0 aromatic carbocycles. The Balaban J connectivity index is 2.55. The number of hydrogen-bond donors (Lipinski definition) is 2. The maximum absolute atomic E-state index is 5.49. The highest BCUT2D eigenvalue weighted by Crippen LogP contribution is 2.20. The van der Waals surface area contributed by atoms with E-state index in [2.05, 4.69) is 30.5 Å². The fraction of sp³-hybridized carbons (Fsp3) is 0.583. The highest BCUT2D eigenvalue weighted by Gasteiger charge is 2.12. The third-order valence-corrected chi connectivity index (χ3v) is 2.69. The summed E-state index contributed by atoms with van der Waals surface area (Å²) in [6.45, 7) is 9.03. The zero-order valence-corrected chi connectivity index (χ0v) is 11.2. The molecule has 1 heterocycles. The van der Waals surface area contributed by atoms with Crippen LogP contribution in [0, 0.1) is 13.8 Å². The molecule has 90 valence electrons. The molecule has 1 aromatic rings. The second-order valence-electron chi connectivity index (χ2n) is 3.99. The van der Waals surface area contributed by atoms with Crippen molar-refractivity contribution in [3.8, 4) is 0 Å². The predicted molar refractivity (Wildman–Crippen MR) is 70.6 cm³/mol. The van der Waals surface area contributed by atoms with Crippen molar-refractivity contribution < 1.29 is 4.42 Å². The van der Waals surface area contributed by atoms with Crippen LogP contribution >= 0.6 is 12.2 Å². The van der Waals surface area contributed by atoms with Crippen LogP contribution in [0.3, 0.4) is 0 Å². The molecule has 0 saturated carbocycles. The molecule has 0 aliphatic heterocycles. The summed E-state index contributed by atoms with van der Waals surface area (Å²) >= 11 is 5.19. The van der Waals surface area contributed by atoms with Crippen molar-refractivity contribution in [1.82, 2.24) is 10.6 Å². The van der Waals surface area contributed by atoms with E-state index in [9.17, 15) is 0 Å². The molecule has 0 radical (unpaired) electrons. The zero-order chi connectivity index (χ0) is 12.1. The van der Waals surface area contributed by atoms with Gasteiger partial charge in [-0.05, 0) is 45.5 Å². The lowest BCUT2D eigenvalue weighted by molar-refractivity contribution is 0.497. The van der Waals surface area contributed by atoms with E-state index in [4.69, 9.17) is 16.6 Å². The van der Waals surface area contributed by atoms with E-state index in [1.165, 1.54) is 0 Å². The molecule has 0 aliphatic carbocycles. The van der Waals surface area contributed by atoms with Crippen molar-refractivity contribution in [2.24, 2.45) is 0 Å². The highest BCUT2D eigenvalue weighted by atomic mass is 32.1. The van der Waals surface area contributed by atoms with Crippen LogP contribution < -0.4 is 10.6 Å². The summed E-state index contributed by atoms with van der Waals surface area (Å²) in [5.74, 6) is 1.89. The van der Waals surface area contributed by atoms with Crippen molar-refractivity contribution in [2.75, 3.05) is 6.54 Å². The van der Waals surface area contributed by atoms with Crippen LogP contribution in [-0.4, -0.2) is 11.7 Å². The number of hydrogen-bond acceptors (Lipinski definition) is 2. The molecule has 2 N–H and O–H groups in total. The lowest BCUT2D eigenvalue weighted by Crippen LogP contribution is -2.37. The predicted octanol–water partition coefficient (Wildman–Crippen LogP) is 2.83. The number of furan rings is 1. The van der Waals surface area contributed by atoms with Crippen LogP contribution in [0.15, 0.2) is 10.5 Å². The van der Waals surface area contributed by atoms with Gasteiger partial charge < -0.3 is 15.1 Å². The SMILES string of the molecule is CCCNC(=S)NC(C)c1cc(C)oc1C. The van der Waals surface area contributed by atoms with Crippen molar-refractivity contribution in [3.05, 3.63) is 23.2 Å². The van der Waals surface area contributed by atoms with Crippen LogP contribution in [-0.2, 0) is 0 Å². The molecule has 0 bridgehead atoms. The van der Waals surface area contributed by atoms with E-state index in [1.54, 1.807) is 0 Å². The first-order valence-corrected chi connectivity index (χ1v) is 6.06. The first kappa shape index (κ1) is 13.0. The number of nitrogens with one attached hydrogen (secondary N) is 2.